The van der Waals surface area contributed by atoms with Crippen molar-refractivity contribution in [1.82, 2.24) is 20.0 Å². The molecule has 0 radical (unpaired) electrons. The van der Waals surface area contributed by atoms with E-state index in [-0.39, 0.29) is 35.9 Å². The Bertz CT molecular complexity index is 1660. The number of nitrogens with one attached hydrogen (secondary N) is 2. The van der Waals surface area contributed by atoms with E-state index in [1.165, 1.54) is 23.5 Å². The van der Waals surface area contributed by atoms with Gasteiger partial charge in [-0.15, -0.1) is 11.3 Å². The Hall–Kier alpha value is -4.31. The van der Waals surface area contributed by atoms with E-state index in [9.17, 15) is 18.8 Å². The van der Waals surface area contributed by atoms with Crippen LogP contribution in [0.3, 0.4) is 0 Å². The summed E-state index contributed by atoms with van der Waals surface area (Å²) in [6, 6.07) is 16.9. The number of carbonyl (C=O) groups excluding carboxylic acids is 3. The first-order valence-corrected chi connectivity index (χ1v) is 15.5. The van der Waals surface area contributed by atoms with Crippen molar-refractivity contribution in [3.05, 3.63) is 105 Å². The summed E-state index contributed by atoms with van der Waals surface area (Å²) in [7, 11) is 0. The number of hydrogen-bond donors (Lipinski definition) is 2. The summed E-state index contributed by atoms with van der Waals surface area (Å²) < 4.78 is 15.4. The van der Waals surface area contributed by atoms with Gasteiger partial charge >= 0.3 is 0 Å². The molecule has 2 aliphatic rings. The number of halogens is 1. The smallest absolute Gasteiger partial charge is 0.276 e. The minimum absolute atomic E-state index is 0.0904. The zero-order valence-corrected chi connectivity index (χ0v) is 25.0. The molecular formula is C33H34FN5O3S. The van der Waals surface area contributed by atoms with Crippen LogP contribution in [0.4, 0.5) is 10.1 Å². The molecule has 0 spiro atoms. The van der Waals surface area contributed by atoms with E-state index >= 15 is 0 Å². The summed E-state index contributed by atoms with van der Waals surface area (Å²) in [5.41, 5.74) is 3.03. The van der Waals surface area contributed by atoms with Gasteiger partial charge in [0.05, 0.1) is 23.7 Å². The molecular weight excluding hydrogens is 565 g/mol. The summed E-state index contributed by atoms with van der Waals surface area (Å²) in [4.78, 5) is 42.5. The lowest BCUT2D eigenvalue weighted by molar-refractivity contribution is 0.0684. The Morgan fingerprint density at radius 3 is 2.51 bits per heavy atom. The van der Waals surface area contributed by atoms with Crippen LogP contribution >= 0.6 is 11.3 Å². The van der Waals surface area contributed by atoms with E-state index in [2.05, 4.69) is 10.6 Å². The number of nitrogens with zero attached hydrogens (tertiary/aromatic N) is 3. The number of amides is 3. The van der Waals surface area contributed by atoms with Crippen LogP contribution in [0.5, 0.6) is 0 Å². The topological polar surface area (TPSA) is 96.3 Å². The van der Waals surface area contributed by atoms with Crippen molar-refractivity contribution < 1.29 is 18.8 Å². The van der Waals surface area contributed by atoms with Gasteiger partial charge in [0, 0.05) is 34.8 Å². The predicted molar refractivity (Wildman–Crippen MR) is 164 cm³/mol. The molecule has 0 atom stereocenters. The highest BCUT2D eigenvalue weighted by Gasteiger charge is 2.41. The maximum absolute atomic E-state index is 13.8. The van der Waals surface area contributed by atoms with E-state index in [0.29, 0.717) is 34.8 Å². The highest BCUT2D eigenvalue weighted by molar-refractivity contribution is 7.12. The summed E-state index contributed by atoms with van der Waals surface area (Å²) in [6.45, 7) is 5.10. The van der Waals surface area contributed by atoms with Crippen LogP contribution in [0.15, 0.2) is 66.0 Å². The first kappa shape index (κ1) is 28.8. The molecule has 1 aliphatic heterocycles. The van der Waals surface area contributed by atoms with Gasteiger partial charge in [0.25, 0.3) is 17.7 Å². The Balaban J connectivity index is 1.32. The third-order valence-corrected chi connectivity index (χ3v) is 9.04. The number of carbonyl (C=O) groups is 3. The van der Waals surface area contributed by atoms with E-state index < -0.39 is 11.3 Å². The molecule has 0 saturated heterocycles. The van der Waals surface area contributed by atoms with Crippen molar-refractivity contribution >= 4 is 34.7 Å². The van der Waals surface area contributed by atoms with Crippen molar-refractivity contribution in [2.24, 2.45) is 0 Å². The lowest BCUT2D eigenvalue weighted by Gasteiger charge is -2.38. The van der Waals surface area contributed by atoms with Crippen molar-refractivity contribution in [3.63, 3.8) is 0 Å². The van der Waals surface area contributed by atoms with Crippen LogP contribution in [0.25, 0.3) is 0 Å². The fourth-order valence-electron chi connectivity index (χ4n) is 6.23. The molecule has 10 heteroatoms. The van der Waals surface area contributed by atoms with Gasteiger partial charge in [0.15, 0.2) is 5.69 Å². The third kappa shape index (κ3) is 6.10. The molecule has 1 saturated carbocycles. The van der Waals surface area contributed by atoms with Gasteiger partial charge in [-0.3, -0.25) is 19.1 Å². The number of anilines is 1. The Kier molecular flexibility index (Phi) is 7.87. The SMILES string of the molecule is CC1(C)CN(C(=O)c2cccs2)Cc2c(C(=O)Nc3cccc(C(=O)NC4CCCC4)c3)nn(Cc3ccc(F)cc3)c21. The number of hydrogen-bond acceptors (Lipinski definition) is 5. The summed E-state index contributed by atoms with van der Waals surface area (Å²) in [5.74, 6) is -1.00. The molecule has 2 aromatic carbocycles. The molecule has 43 heavy (non-hydrogen) atoms. The molecule has 0 bridgehead atoms. The molecule has 8 nitrogen and oxygen atoms in total. The predicted octanol–water partition coefficient (Wildman–Crippen LogP) is 5.99. The molecule has 4 aromatic rings. The van der Waals surface area contributed by atoms with Gasteiger partial charge < -0.3 is 15.5 Å². The lowest BCUT2D eigenvalue weighted by atomic mass is 9.82. The normalized spacial score (nSPS) is 16.1. The average Bonchev–Trinajstić information content (AvgIpc) is 3.76. The van der Waals surface area contributed by atoms with Gasteiger partial charge in [0.1, 0.15) is 5.82 Å². The van der Waals surface area contributed by atoms with Crippen molar-refractivity contribution in [3.8, 4) is 0 Å². The second-order valence-corrected chi connectivity index (χ2v) is 12.9. The minimum atomic E-state index is -0.524. The molecule has 222 valence electrons. The minimum Gasteiger partial charge on any atom is -0.349 e. The van der Waals surface area contributed by atoms with Crippen LogP contribution in [0.2, 0.25) is 0 Å². The first-order chi connectivity index (χ1) is 20.7. The molecule has 2 aromatic heterocycles. The number of fused-ring (bicyclic) bond motifs is 1. The maximum Gasteiger partial charge on any atom is 0.276 e. The van der Waals surface area contributed by atoms with Gasteiger partial charge in [-0.05, 0) is 60.2 Å². The molecule has 0 unspecified atom stereocenters. The number of rotatable bonds is 7. The molecule has 3 amide bonds. The van der Waals surface area contributed by atoms with Crippen LogP contribution in [-0.4, -0.2) is 45.0 Å². The van der Waals surface area contributed by atoms with Gasteiger partial charge in [-0.25, -0.2) is 4.39 Å². The van der Waals surface area contributed by atoms with Crippen molar-refractivity contribution in [1.29, 1.82) is 0 Å². The lowest BCUT2D eigenvalue weighted by Crippen LogP contribution is -2.46. The van der Waals surface area contributed by atoms with Crippen molar-refractivity contribution in [2.75, 3.05) is 11.9 Å². The Morgan fingerprint density at radius 1 is 1.02 bits per heavy atom. The van der Waals surface area contributed by atoms with Gasteiger partial charge in [-0.2, -0.15) is 5.10 Å². The molecule has 2 N–H and O–H groups in total. The number of benzene rings is 2. The average molecular weight is 600 g/mol. The molecule has 1 fully saturated rings. The van der Waals surface area contributed by atoms with Gasteiger partial charge in [-0.1, -0.05) is 51.0 Å². The van der Waals surface area contributed by atoms with E-state index in [4.69, 9.17) is 5.10 Å². The highest BCUT2D eigenvalue weighted by Crippen LogP contribution is 2.37. The first-order valence-electron chi connectivity index (χ1n) is 14.6. The summed E-state index contributed by atoms with van der Waals surface area (Å²) >= 11 is 1.39. The Labute approximate surface area is 253 Å². The fraction of sp³-hybridized carbons (Fsp3) is 0.333. The zero-order chi connectivity index (χ0) is 30.1. The second kappa shape index (κ2) is 11.8. The van der Waals surface area contributed by atoms with E-state index in [0.717, 1.165) is 36.9 Å². The Morgan fingerprint density at radius 2 is 1.79 bits per heavy atom. The molecule has 3 heterocycles. The monoisotopic (exact) mass is 599 g/mol. The largest absolute Gasteiger partial charge is 0.349 e. The van der Waals surface area contributed by atoms with Crippen molar-refractivity contribution in [2.45, 2.75) is 64.1 Å². The molecule has 6 rings (SSSR count). The van der Waals surface area contributed by atoms with E-state index in [1.807, 2.05) is 25.3 Å². The zero-order valence-electron chi connectivity index (χ0n) is 24.2. The van der Waals surface area contributed by atoms with Crippen LogP contribution < -0.4 is 10.6 Å². The van der Waals surface area contributed by atoms with Crippen LogP contribution in [-0.2, 0) is 18.5 Å². The molecule has 1 aliphatic carbocycles. The number of aromatic nitrogens is 2. The quantitative estimate of drug-likeness (QED) is 0.273. The third-order valence-electron chi connectivity index (χ3n) is 8.18. The summed E-state index contributed by atoms with van der Waals surface area (Å²) in [6.07, 6.45) is 4.20. The summed E-state index contributed by atoms with van der Waals surface area (Å²) in [5, 5.41) is 12.7. The second-order valence-electron chi connectivity index (χ2n) is 12.0. The fourth-order valence-corrected chi connectivity index (χ4v) is 6.92. The van der Waals surface area contributed by atoms with Gasteiger partial charge in [0.2, 0.25) is 0 Å². The maximum atomic E-state index is 13.8. The van der Waals surface area contributed by atoms with E-state index in [1.54, 1.807) is 52.0 Å². The van der Waals surface area contributed by atoms with Crippen LogP contribution in [0.1, 0.15) is 86.9 Å². The highest BCUT2D eigenvalue weighted by atomic mass is 32.1. The standard InChI is InChI=1S/C33H34FN5O3S/c1-33(2)20-38(32(42)27-11-6-16-43-27)19-26-28(37-39(29(26)33)18-21-12-14-23(34)15-13-21)31(41)36-25-10-5-7-22(17-25)30(40)35-24-8-3-4-9-24/h5-7,10-17,24H,3-4,8-9,18-20H2,1-2H3,(H,35,40)(H,36,41). The number of thiophene rings is 1. The van der Waals surface area contributed by atoms with Crippen LogP contribution in [0, 0.1) is 5.82 Å².